The van der Waals surface area contributed by atoms with Crippen molar-refractivity contribution in [1.82, 2.24) is 0 Å². The second-order valence-electron chi connectivity index (χ2n) is 5.58. The number of thioether (sulfide) groups is 2. The highest BCUT2D eigenvalue weighted by molar-refractivity contribution is 8.45. The smallest absolute Gasteiger partial charge is 0.244 e. The number of hydrogen-bond acceptors (Lipinski definition) is 6. The second kappa shape index (κ2) is 9.48. The lowest BCUT2D eigenvalue weighted by atomic mass is 10.1. The molecular weight excluding hydrogens is 378 g/mol. The van der Waals surface area contributed by atoms with Gasteiger partial charge >= 0.3 is 0 Å². The van der Waals surface area contributed by atoms with Crippen molar-refractivity contribution in [3.8, 4) is 11.5 Å². The fourth-order valence-corrected chi connectivity index (χ4v) is 3.97. The SMILES string of the molecule is C=CCSC1=N/C(=C\c2ccc(OCc3ccccc3)c(OC)c2)C(=O)S1. The van der Waals surface area contributed by atoms with E-state index in [2.05, 4.69) is 11.6 Å². The van der Waals surface area contributed by atoms with Crippen LogP contribution in [0.4, 0.5) is 0 Å². The van der Waals surface area contributed by atoms with Crippen LogP contribution in [-0.4, -0.2) is 22.4 Å². The van der Waals surface area contributed by atoms with Gasteiger partial charge in [0, 0.05) is 5.75 Å². The van der Waals surface area contributed by atoms with Crippen LogP contribution >= 0.6 is 23.5 Å². The quantitative estimate of drug-likeness (QED) is 0.477. The first-order valence-corrected chi connectivity index (χ1v) is 10.1. The van der Waals surface area contributed by atoms with E-state index in [1.807, 2.05) is 48.5 Å². The Hall–Kier alpha value is -2.44. The zero-order valence-electron chi connectivity index (χ0n) is 14.9. The normalized spacial score (nSPS) is 14.9. The molecule has 0 unspecified atom stereocenters. The number of carbonyl (C=O) groups is 1. The highest BCUT2D eigenvalue weighted by Gasteiger charge is 2.22. The fraction of sp³-hybridized carbons (Fsp3) is 0.143. The number of benzene rings is 2. The third kappa shape index (κ3) is 5.28. The standard InChI is InChI=1S/C21H19NO3S2/c1-3-11-26-21-22-17(20(23)27-21)12-16-9-10-18(19(13-16)24-2)25-14-15-7-5-4-6-8-15/h3-10,12-13H,1,11,14H2,2H3/b17-12-. The van der Waals surface area contributed by atoms with Gasteiger partial charge in [-0.1, -0.05) is 54.2 Å². The first-order chi connectivity index (χ1) is 13.2. The van der Waals surface area contributed by atoms with E-state index < -0.39 is 0 Å². The van der Waals surface area contributed by atoms with Crippen molar-refractivity contribution in [1.29, 1.82) is 0 Å². The monoisotopic (exact) mass is 397 g/mol. The van der Waals surface area contributed by atoms with E-state index in [1.165, 1.54) is 11.8 Å². The molecule has 1 aliphatic heterocycles. The van der Waals surface area contributed by atoms with Crippen LogP contribution in [0.25, 0.3) is 6.08 Å². The number of ether oxygens (including phenoxy) is 2. The zero-order chi connectivity index (χ0) is 19.1. The molecule has 0 saturated heterocycles. The Morgan fingerprint density at radius 2 is 2.00 bits per heavy atom. The average Bonchev–Trinajstić information content (AvgIpc) is 3.05. The number of methoxy groups -OCH3 is 1. The van der Waals surface area contributed by atoms with Crippen molar-refractivity contribution in [3.05, 3.63) is 78.0 Å². The summed E-state index contributed by atoms with van der Waals surface area (Å²) in [6.45, 7) is 4.14. The van der Waals surface area contributed by atoms with Gasteiger partial charge in [-0.2, -0.15) is 0 Å². The lowest BCUT2D eigenvalue weighted by molar-refractivity contribution is -0.107. The molecule has 27 heavy (non-hydrogen) atoms. The molecule has 1 heterocycles. The summed E-state index contributed by atoms with van der Waals surface area (Å²) in [7, 11) is 1.60. The Kier molecular flexibility index (Phi) is 6.79. The van der Waals surface area contributed by atoms with E-state index in [-0.39, 0.29) is 5.12 Å². The fourth-order valence-electron chi connectivity index (χ4n) is 2.37. The van der Waals surface area contributed by atoms with Crippen molar-refractivity contribution in [2.45, 2.75) is 6.61 Å². The maximum Gasteiger partial charge on any atom is 0.244 e. The van der Waals surface area contributed by atoms with Gasteiger partial charge in [0.05, 0.1) is 7.11 Å². The van der Waals surface area contributed by atoms with Gasteiger partial charge in [-0.25, -0.2) is 4.99 Å². The van der Waals surface area contributed by atoms with Gasteiger partial charge in [-0.15, -0.1) is 6.58 Å². The van der Waals surface area contributed by atoms with Crippen molar-refractivity contribution in [2.75, 3.05) is 12.9 Å². The molecular formula is C21H19NO3S2. The zero-order valence-corrected chi connectivity index (χ0v) is 16.5. The summed E-state index contributed by atoms with van der Waals surface area (Å²) in [6.07, 6.45) is 3.55. The third-order valence-corrected chi connectivity index (χ3v) is 5.66. The minimum Gasteiger partial charge on any atom is -0.493 e. The molecule has 0 saturated carbocycles. The molecule has 0 fully saturated rings. The summed E-state index contributed by atoms with van der Waals surface area (Å²) in [5.41, 5.74) is 2.35. The van der Waals surface area contributed by atoms with Crippen molar-refractivity contribution >= 4 is 39.1 Å². The van der Waals surface area contributed by atoms with Crippen LogP contribution in [0.2, 0.25) is 0 Å². The Labute approximate surface area is 167 Å². The first-order valence-electron chi connectivity index (χ1n) is 8.30. The van der Waals surface area contributed by atoms with Crippen LogP contribution < -0.4 is 9.47 Å². The number of hydrogen-bond donors (Lipinski definition) is 0. The van der Waals surface area contributed by atoms with E-state index in [1.54, 1.807) is 19.3 Å². The molecule has 0 N–H and O–H groups in total. The predicted molar refractivity (Wildman–Crippen MR) is 114 cm³/mol. The summed E-state index contributed by atoms with van der Waals surface area (Å²) < 4.78 is 12.1. The molecule has 2 aromatic rings. The Morgan fingerprint density at radius 3 is 2.74 bits per heavy atom. The summed E-state index contributed by atoms with van der Waals surface area (Å²) in [6, 6.07) is 15.5. The highest BCUT2D eigenvalue weighted by Crippen LogP contribution is 2.33. The molecule has 0 spiro atoms. The lowest BCUT2D eigenvalue weighted by Crippen LogP contribution is -1.98. The van der Waals surface area contributed by atoms with Gasteiger partial charge in [0.1, 0.15) is 16.7 Å². The Morgan fingerprint density at radius 1 is 1.19 bits per heavy atom. The third-order valence-electron chi connectivity index (χ3n) is 3.65. The minimum atomic E-state index is -0.0510. The van der Waals surface area contributed by atoms with Crippen molar-refractivity contribution in [3.63, 3.8) is 0 Å². The van der Waals surface area contributed by atoms with Crippen LogP contribution in [0.1, 0.15) is 11.1 Å². The molecule has 2 aromatic carbocycles. The summed E-state index contributed by atoms with van der Waals surface area (Å²) in [5, 5.41) is -0.0510. The maximum absolute atomic E-state index is 12.1. The van der Waals surface area contributed by atoms with Gasteiger partial charge < -0.3 is 9.47 Å². The summed E-state index contributed by atoms with van der Waals surface area (Å²) >= 11 is 2.66. The van der Waals surface area contributed by atoms with Gasteiger partial charge in [0.25, 0.3) is 0 Å². The largest absolute Gasteiger partial charge is 0.493 e. The molecule has 0 atom stereocenters. The summed E-state index contributed by atoms with van der Waals surface area (Å²) in [5.74, 6) is 2.00. The van der Waals surface area contributed by atoms with Crippen LogP contribution in [0, 0.1) is 0 Å². The number of carbonyl (C=O) groups excluding carboxylic acids is 1. The minimum absolute atomic E-state index is 0.0510. The van der Waals surface area contributed by atoms with Crippen LogP contribution in [-0.2, 0) is 11.4 Å². The molecule has 0 radical (unpaired) electrons. The molecule has 4 nitrogen and oxygen atoms in total. The van der Waals surface area contributed by atoms with Crippen LogP contribution in [0.3, 0.4) is 0 Å². The van der Waals surface area contributed by atoms with Gasteiger partial charge in [0.2, 0.25) is 5.12 Å². The first kappa shape index (κ1) is 19.3. The molecule has 0 aliphatic carbocycles. The van der Waals surface area contributed by atoms with E-state index >= 15 is 0 Å². The van der Waals surface area contributed by atoms with E-state index in [0.717, 1.165) is 33.0 Å². The number of nitrogens with zero attached hydrogens (tertiary/aromatic N) is 1. The topological polar surface area (TPSA) is 47.9 Å². The van der Waals surface area contributed by atoms with E-state index in [4.69, 9.17) is 9.47 Å². The Bertz CT molecular complexity index is 892. The highest BCUT2D eigenvalue weighted by atomic mass is 32.2. The van der Waals surface area contributed by atoms with Crippen molar-refractivity contribution < 1.29 is 14.3 Å². The molecule has 6 heteroatoms. The van der Waals surface area contributed by atoms with Gasteiger partial charge in [-0.05, 0) is 41.1 Å². The van der Waals surface area contributed by atoms with Crippen LogP contribution in [0.15, 0.2) is 71.9 Å². The molecule has 1 aliphatic rings. The average molecular weight is 398 g/mol. The molecule has 138 valence electrons. The summed E-state index contributed by atoms with van der Waals surface area (Å²) in [4.78, 5) is 16.5. The Balaban J connectivity index is 1.74. The van der Waals surface area contributed by atoms with Gasteiger partial charge in [-0.3, -0.25) is 4.79 Å². The molecule has 0 bridgehead atoms. The van der Waals surface area contributed by atoms with Gasteiger partial charge in [0.15, 0.2) is 11.5 Å². The predicted octanol–water partition coefficient (Wildman–Crippen LogP) is 5.16. The molecule has 0 aromatic heterocycles. The van der Waals surface area contributed by atoms with E-state index in [0.29, 0.717) is 23.8 Å². The number of rotatable bonds is 7. The van der Waals surface area contributed by atoms with Crippen molar-refractivity contribution in [2.24, 2.45) is 4.99 Å². The second-order valence-corrected chi connectivity index (χ2v) is 7.81. The molecule has 3 rings (SSSR count). The number of aliphatic imine (C=N–C) groups is 1. The lowest BCUT2D eigenvalue weighted by Gasteiger charge is -2.11. The van der Waals surface area contributed by atoms with Crippen LogP contribution in [0.5, 0.6) is 11.5 Å². The maximum atomic E-state index is 12.1. The molecule has 0 amide bonds. The van der Waals surface area contributed by atoms with E-state index in [9.17, 15) is 4.79 Å².